The number of hydrogen-bond acceptors (Lipinski definition) is 3. The average molecular weight is 629 g/mol. The third-order valence-corrected chi connectivity index (χ3v) is 10.6. The Hall–Kier alpha value is -4.18. The monoisotopic (exact) mass is 628 g/mol. The van der Waals surface area contributed by atoms with Crippen molar-refractivity contribution in [3.05, 3.63) is 125 Å². The molecule has 0 aliphatic heterocycles. The summed E-state index contributed by atoms with van der Waals surface area (Å²) < 4.78 is 13.3. The molecule has 2 aliphatic carbocycles. The van der Waals surface area contributed by atoms with Gasteiger partial charge in [-0.15, -0.1) is 0 Å². The Kier molecular flexibility index (Phi) is 10.3. The van der Waals surface area contributed by atoms with Crippen molar-refractivity contribution < 1.29 is 18.8 Å². The molecular weight excluding hydrogens is 583 g/mol. The van der Waals surface area contributed by atoms with Crippen LogP contribution in [0.15, 0.2) is 85.4 Å². The second-order valence-corrected chi connectivity index (χ2v) is 13.8. The summed E-state index contributed by atoms with van der Waals surface area (Å²) in [6.45, 7) is 4.00. The van der Waals surface area contributed by atoms with E-state index in [2.05, 4.69) is 49.0 Å². The van der Waals surface area contributed by atoms with E-state index in [1.165, 1.54) is 55.4 Å². The van der Waals surface area contributed by atoms with E-state index in [9.17, 15) is 18.8 Å². The molecule has 0 amide bonds. The zero-order valence-corrected chi connectivity index (χ0v) is 27.4. The molecule has 0 unspecified atom stereocenters. The Bertz CT molecular complexity index is 1760. The predicted molar refractivity (Wildman–Crippen MR) is 188 cm³/mol. The zero-order valence-electron chi connectivity index (χ0n) is 27.4. The molecule has 0 spiro atoms. The number of carbonyl (C=O) groups excluding carboxylic acids is 3. The van der Waals surface area contributed by atoms with Gasteiger partial charge in [0, 0.05) is 24.8 Å². The smallest absolute Gasteiger partial charge is 0.163 e. The molecule has 47 heavy (non-hydrogen) atoms. The number of ketones is 3. The number of fused-ring (bicyclic) bond motifs is 1. The van der Waals surface area contributed by atoms with Crippen LogP contribution in [-0.2, 0) is 35.3 Å². The van der Waals surface area contributed by atoms with Crippen molar-refractivity contribution in [2.75, 3.05) is 0 Å². The minimum absolute atomic E-state index is 0.0219. The summed E-state index contributed by atoms with van der Waals surface area (Å²) in [5.74, 6) is 0.572. The second-order valence-electron chi connectivity index (χ2n) is 13.8. The van der Waals surface area contributed by atoms with Gasteiger partial charge < -0.3 is 0 Å². The van der Waals surface area contributed by atoms with Crippen LogP contribution in [0.3, 0.4) is 0 Å². The van der Waals surface area contributed by atoms with E-state index in [-0.39, 0.29) is 36.0 Å². The van der Waals surface area contributed by atoms with Gasteiger partial charge in [-0.2, -0.15) is 0 Å². The van der Waals surface area contributed by atoms with Crippen LogP contribution >= 0.6 is 0 Å². The van der Waals surface area contributed by atoms with Crippen LogP contribution in [0.25, 0.3) is 16.8 Å². The molecule has 0 radical (unpaired) electrons. The van der Waals surface area contributed by atoms with E-state index in [4.69, 9.17) is 0 Å². The van der Waals surface area contributed by atoms with Gasteiger partial charge in [-0.25, -0.2) is 4.39 Å². The molecule has 0 bridgehead atoms. The second kappa shape index (κ2) is 14.7. The van der Waals surface area contributed by atoms with E-state index in [0.717, 1.165) is 64.6 Å². The third kappa shape index (κ3) is 7.87. The van der Waals surface area contributed by atoms with Gasteiger partial charge in [0.1, 0.15) is 5.82 Å². The van der Waals surface area contributed by atoms with Gasteiger partial charge >= 0.3 is 0 Å². The molecule has 4 heteroatoms. The van der Waals surface area contributed by atoms with Gasteiger partial charge in [0.15, 0.2) is 17.3 Å². The van der Waals surface area contributed by atoms with Crippen molar-refractivity contribution in [3.8, 4) is 0 Å². The lowest BCUT2D eigenvalue weighted by molar-refractivity contribution is -0.133. The first-order chi connectivity index (χ1) is 22.8. The molecule has 0 heterocycles. The van der Waals surface area contributed by atoms with Gasteiger partial charge in [-0.3, -0.25) is 14.4 Å². The Morgan fingerprint density at radius 1 is 0.787 bits per heavy atom. The summed E-state index contributed by atoms with van der Waals surface area (Å²) in [5.41, 5.74) is 4.84. The van der Waals surface area contributed by atoms with Crippen LogP contribution in [0.4, 0.5) is 4.39 Å². The molecule has 3 nitrogen and oxygen atoms in total. The van der Waals surface area contributed by atoms with Crippen LogP contribution in [0.5, 0.6) is 0 Å². The molecule has 0 N–H and O–H groups in total. The molecule has 2 aliphatic rings. The molecule has 4 aromatic carbocycles. The normalized spacial score (nSPS) is 15.8. The Morgan fingerprint density at radius 2 is 1.43 bits per heavy atom. The number of Topliss-reactive ketones (excluding diaryl/α,β-unsaturated/α-hetero) is 3. The Labute approximate surface area is 278 Å². The third-order valence-electron chi connectivity index (χ3n) is 10.6. The molecule has 0 atom stereocenters. The summed E-state index contributed by atoms with van der Waals surface area (Å²) in [5, 5.41) is 2.24. The quantitative estimate of drug-likeness (QED) is 0.0972. The van der Waals surface area contributed by atoms with Crippen molar-refractivity contribution in [2.24, 2.45) is 11.3 Å². The van der Waals surface area contributed by atoms with Crippen LogP contribution < -0.4 is 0 Å². The van der Waals surface area contributed by atoms with Gasteiger partial charge in [0.25, 0.3) is 0 Å². The summed E-state index contributed by atoms with van der Waals surface area (Å²) >= 11 is 0. The SMILES string of the molecule is C=Cc1cc2cccc(CCc3ccc(CC(=O)C4(C(=O)Cc5ccc(F)cc5)CC4)cc3)c2cc1C(=O)CCCC1CCCCC1. The van der Waals surface area contributed by atoms with Crippen molar-refractivity contribution in [3.63, 3.8) is 0 Å². The minimum Gasteiger partial charge on any atom is -0.298 e. The first-order valence-electron chi connectivity index (χ1n) is 17.4. The van der Waals surface area contributed by atoms with E-state index in [0.29, 0.717) is 19.3 Å². The van der Waals surface area contributed by atoms with Crippen LogP contribution in [0, 0.1) is 17.2 Å². The fraction of sp³-hybridized carbons (Fsp3) is 0.372. The summed E-state index contributed by atoms with van der Waals surface area (Å²) in [6, 6.07) is 24.6. The lowest BCUT2D eigenvalue weighted by Gasteiger charge is -2.21. The molecular formula is C43H45FO3. The standard InChI is InChI=1S/C43H45FO3/c1-2-34-28-36-12-7-11-35(38(36)29-39(34)40(45)13-6-10-30-8-4-3-5-9-30)21-18-31-14-16-32(17-15-31)26-41(46)43(24-25-43)42(47)27-33-19-22-37(44)23-20-33/h2,7,11-12,14-17,19-20,22-23,28-30H,1,3-6,8-10,13,18,21,24-27H2. The van der Waals surface area contributed by atoms with E-state index in [1.54, 1.807) is 18.2 Å². The maximum absolute atomic E-state index is 13.4. The van der Waals surface area contributed by atoms with E-state index < -0.39 is 5.41 Å². The van der Waals surface area contributed by atoms with Crippen molar-refractivity contribution in [1.29, 1.82) is 0 Å². The fourth-order valence-corrected chi connectivity index (χ4v) is 7.45. The Balaban J connectivity index is 1.07. The maximum Gasteiger partial charge on any atom is 0.163 e. The highest BCUT2D eigenvalue weighted by molar-refractivity contribution is 6.11. The van der Waals surface area contributed by atoms with Gasteiger partial charge in [-0.05, 0) is 101 Å². The first kappa shape index (κ1) is 32.7. The van der Waals surface area contributed by atoms with Crippen LogP contribution in [0.1, 0.15) is 102 Å². The molecule has 4 aromatic rings. The number of aryl methyl sites for hydroxylation is 2. The Morgan fingerprint density at radius 3 is 2.06 bits per heavy atom. The predicted octanol–water partition coefficient (Wildman–Crippen LogP) is 10.0. The number of halogens is 1. The molecule has 0 saturated heterocycles. The van der Waals surface area contributed by atoms with Gasteiger partial charge in [0.2, 0.25) is 0 Å². The summed E-state index contributed by atoms with van der Waals surface area (Å²) in [4.78, 5) is 39.7. The number of benzene rings is 4. The average Bonchev–Trinajstić information content (AvgIpc) is 3.91. The highest BCUT2D eigenvalue weighted by Crippen LogP contribution is 2.48. The lowest BCUT2D eigenvalue weighted by Crippen LogP contribution is -2.28. The molecule has 0 aromatic heterocycles. The highest BCUT2D eigenvalue weighted by Gasteiger charge is 2.54. The highest BCUT2D eigenvalue weighted by atomic mass is 19.1. The van der Waals surface area contributed by atoms with Crippen LogP contribution in [-0.4, -0.2) is 17.3 Å². The van der Waals surface area contributed by atoms with Gasteiger partial charge in [0.05, 0.1) is 5.41 Å². The first-order valence-corrected chi connectivity index (χ1v) is 17.4. The largest absolute Gasteiger partial charge is 0.298 e. The van der Waals surface area contributed by atoms with Crippen molar-refractivity contribution in [1.82, 2.24) is 0 Å². The molecule has 2 saturated carbocycles. The zero-order chi connectivity index (χ0) is 32.8. The topological polar surface area (TPSA) is 51.2 Å². The van der Waals surface area contributed by atoms with Gasteiger partial charge in [-0.1, -0.05) is 106 Å². The van der Waals surface area contributed by atoms with Crippen molar-refractivity contribution >= 4 is 34.2 Å². The van der Waals surface area contributed by atoms with E-state index >= 15 is 0 Å². The maximum atomic E-state index is 13.4. The number of hydrogen-bond donors (Lipinski definition) is 0. The fourth-order valence-electron chi connectivity index (χ4n) is 7.45. The molecule has 242 valence electrons. The number of rotatable bonds is 15. The molecule has 6 rings (SSSR count). The molecule has 2 fully saturated rings. The van der Waals surface area contributed by atoms with E-state index in [1.807, 2.05) is 12.1 Å². The summed E-state index contributed by atoms with van der Waals surface area (Å²) in [7, 11) is 0. The minimum atomic E-state index is -0.886. The van der Waals surface area contributed by atoms with Crippen molar-refractivity contribution in [2.45, 2.75) is 89.9 Å². The number of carbonyl (C=O) groups is 3. The lowest BCUT2D eigenvalue weighted by atomic mass is 9.85. The summed E-state index contributed by atoms with van der Waals surface area (Å²) in [6.07, 6.45) is 14.4. The van der Waals surface area contributed by atoms with Crippen LogP contribution in [0.2, 0.25) is 0 Å².